The van der Waals surface area contributed by atoms with Crippen LogP contribution in [0, 0.1) is 0 Å². The molecule has 3 aliphatic rings. The molecule has 0 bridgehead atoms. The molecule has 0 aromatic carbocycles. The number of allylic oxidation sites excluding steroid dienone is 15. The molecule has 0 aromatic heterocycles. The fourth-order valence-electron chi connectivity index (χ4n) is 13.0. The van der Waals surface area contributed by atoms with Crippen molar-refractivity contribution in [3.63, 3.8) is 0 Å². The minimum atomic E-state index is -1.98. The summed E-state index contributed by atoms with van der Waals surface area (Å²) in [5.41, 5.74) is 0. The first-order valence-electron chi connectivity index (χ1n) is 40.0. The van der Waals surface area contributed by atoms with Crippen molar-refractivity contribution in [1.82, 2.24) is 5.32 Å². The molecular formula is C82H143NO18. The molecule has 0 saturated carbocycles. The van der Waals surface area contributed by atoms with E-state index in [0.717, 1.165) is 89.9 Å². The average molecular weight is 1430 g/mol. The van der Waals surface area contributed by atoms with Crippen molar-refractivity contribution in [2.24, 2.45) is 0 Å². The van der Waals surface area contributed by atoms with Crippen molar-refractivity contribution < 1.29 is 89.4 Å². The van der Waals surface area contributed by atoms with Crippen molar-refractivity contribution in [2.75, 3.05) is 26.4 Å². The maximum Gasteiger partial charge on any atom is 0.220 e. The first-order chi connectivity index (χ1) is 49.3. The largest absolute Gasteiger partial charge is 0.394 e. The molecule has 1 amide bonds. The van der Waals surface area contributed by atoms with Crippen LogP contribution in [0.15, 0.2) is 97.2 Å². The molecular weight excluding hydrogens is 1290 g/mol. The predicted octanol–water partition coefficient (Wildman–Crippen LogP) is 13.2. The predicted molar refractivity (Wildman–Crippen MR) is 401 cm³/mol. The van der Waals surface area contributed by atoms with E-state index >= 15 is 0 Å². The third-order valence-corrected chi connectivity index (χ3v) is 19.4. The van der Waals surface area contributed by atoms with Crippen LogP contribution in [-0.4, -0.2) is 193 Å². The van der Waals surface area contributed by atoms with Crippen LogP contribution in [0.1, 0.15) is 284 Å². The van der Waals surface area contributed by atoms with Crippen molar-refractivity contribution in [3.8, 4) is 0 Å². The zero-order valence-corrected chi connectivity index (χ0v) is 62.4. The number of carbonyl (C=O) groups excluding carboxylic acids is 1. The molecule has 0 aliphatic carbocycles. The minimum Gasteiger partial charge on any atom is -0.394 e. The number of unbranched alkanes of at least 4 members (excludes halogenated alkanes) is 32. The second-order valence-corrected chi connectivity index (χ2v) is 28.1. The van der Waals surface area contributed by atoms with E-state index < -0.39 is 124 Å². The standard InChI is InChI=1S/C82H143NO18/c1-3-5-7-9-11-13-15-17-19-20-21-22-23-24-25-26-27-28-29-30-31-32-33-34-35-36-37-38-39-40-41-42-43-44-46-48-50-52-54-56-58-60-70(88)83-65(66(87)59-57-55-53-51-49-47-45-18-16-14-12-10-8-6-4-2)64-96-80-76(94)73(91)78(68(62-85)98-80)101-82-77(95)74(92)79(69(63-86)99-82)100-81-75(93)72(90)71(89)67(61-84)97-81/h5,7,11,13,17,19,21-22,24-25,27-28,30-31,57,59,65-69,71-82,84-87,89-95H,3-4,6,8-10,12,14-16,18,20,23,26,29,32-56,58,60-64H2,1-2H3,(H,83,88)/b7-5-,13-11-,19-17-,22-21-,25-24-,28-27-,31-30-,59-57+. The Morgan fingerprint density at radius 2 is 0.683 bits per heavy atom. The van der Waals surface area contributed by atoms with Crippen LogP contribution in [0.5, 0.6) is 0 Å². The van der Waals surface area contributed by atoms with Crippen LogP contribution in [0.2, 0.25) is 0 Å². The third-order valence-electron chi connectivity index (χ3n) is 19.4. The summed E-state index contributed by atoms with van der Waals surface area (Å²) < 4.78 is 34.4. The zero-order valence-electron chi connectivity index (χ0n) is 62.4. The molecule has 0 aromatic rings. The minimum absolute atomic E-state index is 0.242. The maximum atomic E-state index is 13.4. The van der Waals surface area contributed by atoms with Gasteiger partial charge >= 0.3 is 0 Å². The molecule has 3 rings (SSSR count). The maximum absolute atomic E-state index is 13.4. The highest BCUT2D eigenvalue weighted by Gasteiger charge is 2.54. The molecule has 3 aliphatic heterocycles. The van der Waals surface area contributed by atoms with Crippen molar-refractivity contribution >= 4 is 5.91 Å². The average Bonchev–Trinajstić information content (AvgIpc) is 0.782. The second kappa shape index (κ2) is 61.8. The van der Waals surface area contributed by atoms with Gasteiger partial charge in [-0.3, -0.25) is 4.79 Å². The first kappa shape index (κ1) is 91.9. The normalized spacial score (nSPS) is 26.8. The van der Waals surface area contributed by atoms with Crippen molar-refractivity contribution in [3.05, 3.63) is 97.2 Å². The molecule has 0 spiro atoms. The molecule has 12 N–H and O–H groups in total. The van der Waals surface area contributed by atoms with Crippen LogP contribution in [0.3, 0.4) is 0 Å². The Balaban J connectivity index is 1.29. The van der Waals surface area contributed by atoms with Crippen LogP contribution in [-0.2, 0) is 33.2 Å². The number of hydrogen-bond donors (Lipinski definition) is 12. The van der Waals surface area contributed by atoms with Gasteiger partial charge in [0.05, 0.1) is 38.6 Å². The summed E-state index contributed by atoms with van der Waals surface area (Å²) in [6.45, 7) is 1.63. The van der Waals surface area contributed by atoms with Crippen LogP contribution >= 0.6 is 0 Å². The Kier molecular flexibility index (Phi) is 56.3. The fraction of sp³-hybridized carbons (Fsp3) is 0.793. The van der Waals surface area contributed by atoms with Gasteiger partial charge in [0.25, 0.3) is 0 Å². The quantitative estimate of drug-likeness (QED) is 0.0199. The zero-order chi connectivity index (χ0) is 73.2. The molecule has 3 heterocycles. The van der Waals surface area contributed by atoms with Gasteiger partial charge in [-0.1, -0.05) is 297 Å². The van der Waals surface area contributed by atoms with Gasteiger partial charge in [0, 0.05) is 6.42 Å². The van der Waals surface area contributed by atoms with E-state index in [-0.39, 0.29) is 18.9 Å². The first-order valence-corrected chi connectivity index (χ1v) is 40.0. The highest BCUT2D eigenvalue weighted by atomic mass is 16.8. The molecule has 0 radical (unpaired) electrons. The summed E-state index contributed by atoms with van der Waals surface area (Å²) in [4.78, 5) is 13.4. The summed E-state index contributed by atoms with van der Waals surface area (Å²) in [7, 11) is 0. The number of hydrogen-bond acceptors (Lipinski definition) is 18. The van der Waals surface area contributed by atoms with E-state index in [9.17, 15) is 61.0 Å². The van der Waals surface area contributed by atoms with E-state index in [1.807, 2.05) is 6.08 Å². The van der Waals surface area contributed by atoms with Crippen molar-refractivity contribution in [2.45, 2.75) is 388 Å². The summed E-state index contributed by atoms with van der Waals surface area (Å²) in [6, 6.07) is -0.976. The van der Waals surface area contributed by atoms with E-state index in [2.05, 4.69) is 104 Å². The van der Waals surface area contributed by atoms with Gasteiger partial charge in [0.1, 0.15) is 73.2 Å². The lowest BCUT2D eigenvalue weighted by Gasteiger charge is -2.48. The van der Waals surface area contributed by atoms with Gasteiger partial charge in [-0.2, -0.15) is 0 Å². The lowest BCUT2D eigenvalue weighted by molar-refractivity contribution is -0.379. The number of amides is 1. The van der Waals surface area contributed by atoms with Crippen LogP contribution < -0.4 is 5.32 Å². The highest BCUT2D eigenvalue weighted by molar-refractivity contribution is 5.76. The topological polar surface area (TPSA) is 307 Å². The molecule has 19 nitrogen and oxygen atoms in total. The SMILES string of the molecule is CC/C=C\C/C=C\C/C=C\C/C=C\C/C=C\C/C=C\C/C=C\CCCCCCCCCCCCCCCCCCCCCC(=O)NC(COC1OC(CO)C(OC2OC(CO)C(OC3OC(CO)C(O)C(O)C3O)C(O)C2O)C(O)C1O)C(O)/C=C/CCCCCCCCCCCCCCC. The van der Waals surface area contributed by atoms with Crippen LogP contribution in [0.4, 0.5) is 0 Å². The third kappa shape index (κ3) is 42.0. The van der Waals surface area contributed by atoms with Crippen molar-refractivity contribution in [1.29, 1.82) is 0 Å². The lowest BCUT2D eigenvalue weighted by Crippen LogP contribution is -2.66. The van der Waals surface area contributed by atoms with Crippen LogP contribution in [0.25, 0.3) is 0 Å². The van der Waals surface area contributed by atoms with Gasteiger partial charge in [0.15, 0.2) is 18.9 Å². The van der Waals surface area contributed by atoms with Gasteiger partial charge in [-0.05, 0) is 77.0 Å². The summed E-state index contributed by atoms with van der Waals surface area (Å²) >= 11 is 0. The van der Waals surface area contributed by atoms with Gasteiger partial charge in [-0.25, -0.2) is 0 Å². The molecule has 17 atom stereocenters. The van der Waals surface area contributed by atoms with E-state index in [4.69, 9.17) is 28.4 Å². The number of nitrogens with one attached hydrogen (secondary N) is 1. The Morgan fingerprint density at radius 1 is 0.366 bits per heavy atom. The fourth-order valence-corrected chi connectivity index (χ4v) is 13.0. The Hall–Kier alpha value is -3.29. The summed E-state index contributed by atoms with van der Waals surface area (Å²) in [6.07, 6.45) is 56.9. The molecule has 101 heavy (non-hydrogen) atoms. The van der Waals surface area contributed by atoms with E-state index in [1.54, 1.807) is 6.08 Å². The Bertz CT molecular complexity index is 2200. The Morgan fingerprint density at radius 3 is 1.07 bits per heavy atom. The second-order valence-electron chi connectivity index (χ2n) is 28.1. The van der Waals surface area contributed by atoms with E-state index in [0.29, 0.717) is 6.42 Å². The molecule has 17 unspecified atom stereocenters. The lowest BCUT2D eigenvalue weighted by atomic mass is 9.96. The number of rotatable bonds is 62. The number of ether oxygens (including phenoxy) is 6. The molecule has 3 fully saturated rings. The Labute approximate surface area is 609 Å². The summed E-state index contributed by atoms with van der Waals surface area (Å²) in [5.74, 6) is -0.275. The summed E-state index contributed by atoms with van der Waals surface area (Å²) in [5, 5.41) is 121. The number of aliphatic hydroxyl groups is 11. The number of aliphatic hydroxyl groups excluding tert-OH is 11. The van der Waals surface area contributed by atoms with Gasteiger partial charge < -0.3 is 89.9 Å². The highest BCUT2D eigenvalue weighted by Crippen LogP contribution is 2.33. The molecule has 3 saturated heterocycles. The number of carbonyl (C=O) groups is 1. The monoisotopic (exact) mass is 1430 g/mol. The molecule has 19 heteroatoms. The van der Waals surface area contributed by atoms with E-state index in [1.165, 1.54) is 167 Å². The van der Waals surface area contributed by atoms with Gasteiger partial charge in [0.2, 0.25) is 5.91 Å². The smallest absolute Gasteiger partial charge is 0.220 e. The molecule has 584 valence electrons. The van der Waals surface area contributed by atoms with Gasteiger partial charge in [-0.15, -0.1) is 0 Å².